The summed E-state index contributed by atoms with van der Waals surface area (Å²) in [7, 11) is 0. The number of rotatable bonds is 2. The van der Waals surface area contributed by atoms with Gasteiger partial charge in [0.2, 0.25) is 0 Å². The van der Waals surface area contributed by atoms with Gasteiger partial charge < -0.3 is 16.0 Å². The van der Waals surface area contributed by atoms with Crippen LogP contribution in [0.15, 0.2) is 40.4 Å². The molecule has 146 valence electrons. The van der Waals surface area contributed by atoms with E-state index in [2.05, 4.69) is 30.7 Å². The topological polar surface area (TPSA) is 137 Å². The number of anilines is 1. The van der Waals surface area contributed by atoms with Crippen molar-refractivity contribution in [2.75, 3.05) is 18.4 Å². The van der Waals surface area contributed by atoms with Crippen LogP contribution in [0.3, 0.4) is 0 Å². The van der Waals surface area contributed by atoms with Gasteiger partial charge in [0, 0.05) is 24.4 Å². The molecular weight excluding hydrogens is 370 g/mol. The monoisotopic (exact) mass is 389 g/mol. The zero-order chi connectivity index (χ0) is 20.0. The largest absolute Gasteiger partial charge is 0.370 e. The second-order valence-corrected chi connectivity index (χ2v) is 7.29. The predicted octanol–water partition coefficient (Wildman–Crippen LogP) is 2.24. The SMILES string of the molecule is [C-]#[N+]C1=C(C2CCN(C(=N)N)CC2)Nc2[nH]ncc2C1c1cccc2nonc12. The van der Waals surface area contributed by atoms with E-state index < -0.39 is 0 Å². The maximum atomic E-state index is 7.97. The standard InChI is InChI=1S/C19H19N9O/c1-22-17-14(11-3-2-4-13-16(11)27-29-26-13)12-9-23-25-18(12)24-15(17)10-5-7-28(8-6-10)19(20)21/h2-4,9-10,14H,5-8H2,(H3,20,21)(H2,23,24,25). The summed E-state index contributed by atoms with van der Waals surface area (Å²) in [5, 5.41) is 26.3. The van der Waals surface area contributed by atoms with Crippen LogP contribution in [0.2, 0.25) is 0 Å². The molecule has 0 bridgehead atoms. The van der Waals surface area contributed by atoms with Crippen molar-refractivity contribution in [1.29, 1.82) is 5.41 Å². The van der Waals surface area contributed by atoms with Crippen LogP contribution in [0.1, 0.15) is 29.9 Å². The fraction of sp³-hybridized carbons (Fsp3) is 0.316. The van der Waals surface area contributed by atoms with Gasteiger partial charge in [0.05, 0.1) is 18.7 Å². The number of nitrogens with one attached hydrogen (secondary N) is 3. The molecule has 10 nitrogen and oxygen atoms in total. The Labute approximate surface area is 166 Å². The molecule has 1 aromatic carbocycles. The van der Waals surface area contributed by atoms with Gasteiger partial charge in [0.15, 0.2) is 11.7 Å². The van der Waals surface area contributed by atoms with Crippen molar-refractivity contribution < 1.29 is 4.63 Å². The summed E-state index contributed by atoms with van der Waals surface area (Å²) in [5.74, 6) is 0.750. The third-order valence-corrected chi connectivity index (χ3v) is 5.78. The van der Waals surface area contributed by atoms with Crippen molar-refractivity contribution in [3.05, 3.63) is 58.3 Å². The number of hydrogen-bond donors (Lipinski definition) is 4. The van der Waals surface area contributed by atoms with Crippen LogP contribution < -0.4 is 11.1 Å². The highest BCUT2D eigenvalue weighted by Crippen LogP contribution is 2.45. The highest BCUT2D eigenvalue weighted by atomic mass is 16.6. The van der Waals surface area contributed by atoms with Crippen LogP contribution >= 0.6 is 0 Å². The van der Waals surface area contributed by atoms with Crippen molar-refractivity contribution in [1.82, 2.24) is 25.4 Å². The number of aromatic amines is 1. The molecule has 29 heavy (non-hydrogen) atoms. The fourth-order valence-corrected chi connectivity index (χ4v) is 4.34. The molecule has 1 atom stereocenters. The number of nitrogens with zero attached hydrogens (tertiary/aromatic N) is 5. The van der Waals surface area contributed by atoms with Crippen molar-refractivity contribution in [2.24, 2.45) is 11.7 Å². The number of likely N-dealkylation sites (tertiary alicyclic amines) is 1. The van der Waals surface area contributed by atoms with E-state index in [9.17, 15) is 0 Å². The Morgan fingerprint density at radius 3 is 2.86 bits per heavy atom. The predicted molar refractivity (Wildman–Crippen MR) is 106 cm³/mol. The molecule has 0 spiro atoms. The number of benzene rings is 1. The molecule has 1 unspecified atom stereocenters. The first-order valence-corrected chi connectivity index (χ1v) is 9.39. The van der Waals surface area contributed by atoms with Crippen LogP contribution in [0, 0.1) is 17.9 Å². The molecule has 1 fully saturated rings. The van der Waals surface area contributed by atoms with Crippen LogP contribution in [-0.2, 0) is 0 Å². The first-order valence-electron chi connectivity index (χ1n) is 9.39. The molecule has 0 saturated carbocycles. The number of piperidine rings is 1. The summed E-state index contributed by atoms with van der Waals surface area (Å²) in [5.41, 5.74) is 10.3. The second kappa shape index (κ2) is 6.63. The average molecular weight is 389 g/mol. The summed E-state index contributed by atoms with van der Waals surface area (Å²) >= 11 is 0. The van der Waals surface area contributed by atoms with Gasteiger partial charge in [-0.2, -0.15) is 5.10 Å². The summed E-state index contributed by atoms with van der Waals surface area (Å²) < 4.78 is 4.94. The Morgan fingerprint density at radius 2 is 2.10 bits per heavy atom. The normalized spacial score (nSPS) is 19.7. The molecule has 5 N–H and O–H groups in total. The highest BCUT2D eigenvalue weighted by molar-refractivity contribution is 5.80. The van der Waals surface area contributed by atoms with Gasteiger partial charge in [-0.25, -0.2) is 9.47 Å². The summed E-state index contributed by atoms with van der Waals surface area (Å²) in [4.78, 5) is 5.81. The number of allylic oxidation sites excluding steroid dienone is 2. The molecule has 2 aromatic heterocycles. The van der Waals surface area contributed by atoms with E-state index in [0.717, 1.165) is 35.5 Å². The lowest BCUT2D eigenvalue weighted by molar-refractivity contribution is 0.286. The molecule has 2 aliphatic rings. The Kier molecular flexibility index (Phi) is 3.94. The maximum absolute atomic E-state index is 7.97. The van der Waals surface area contributed by atoms with Crippen molar-refractivity contribution in [2.45, 2.75) is 18.8 Å². The fourth-order valence-electron chi connectivity index (χ4n) is 4.34. The quantitative estimate of drug-likeness (QED) is 0.300. The lowest BCUT2D eigenvalue weighted by Gasteiger charge is -2.36. The van der Waals surface area contributed by atoms with Gasteiger partial charge in [-0.05, 0) is 40.7 Å². The van der Waals surface area contributed by atoms with Gasteiger partial charge in [-0.3, -0.25) is 10.5 Å². The molecule has 5 rings (SSSR count). The van der Waals surface area contributed by atoms with Crippen molar-refractivity contribution in [3.8, 4) is 0 Å². The van der Waals surface area contributed by atoms with Gasteiger partial charge in [0.25, 0.3) is 0 Å². The first kappa shape index (κ1) is 17.2. The third-order valence-electron chi connectivity index (χ3n) is 5.78. The number of guanidine groups is 1. The first-order chi connectivity index (χ1) is 14.2. The molecule has 2 aliphatic heterocycles. The highest BCUT2D eigenvalue weighted by Gasteiger charge is 2.36. The maximum Gasteiger partial charge on any atom is 0.196 e. The van der Waals surface area contributed by atoms with Crippen LogP contribution in [0.25, 0.3) is 15.9 Å². The smallest absolute Gasteiger partial charge is 0.196 e. The third kappa shape index (κ3) is 2.70. The summed E-state index contributed by atoms with van der Waals surface area (Å²) in [6.45, 7) is 9.36. The van der Waals surface area contributed by atoms with Crippen LogP contribution in [-0.4, -0.2) is 44.5 Å². The number of aromatic nitrogens is 4. The minimum atomic E-state index is -0.307. The minimum Gasteiger partial charge on any atom is -0.370 e. The van der Waals surface area contributed by atoms with Gasteiger partial charge in [-0.15, -0.1) is 0 Å². The molecule has 0 amide bonds. The Balaban J connectivity index is 1.61. The summed E-state index contributed by atoms with van der Waals surface area (Å²) in [6.07, 6.45) is 3.37. The minimum absolute atomic E-state index is 0.0957. The molecule has 3 aromatic rings. The van der Waals surface area contributed by atoms with Crippen molar-refractivity contribution >= 4 is 22.8 Å². The molecule has 10 heteroatoms. The van der Waals surface area contributed by atoms with Crippen LogP contribution in [0.5, 0.6) is 0 Å². The van der Waals surface area contributed by atoms with Gasteiger partial charge in [-0.1, -0.05) is 12.1 Å². The molecule has 0 radical (unpaired) electrons. The average Bonchev–Trinajstić information content (AvgIpc) is 3.41. The summed E-state index contributed by atoms with van der Waals surface area (Å²) in [6, 6.07) is 5.70. The Bertz CT molecular complexity index is 1160. The molecule has 1 saturated heterocycles. The van der Waals surface area contributed by atoms with E-state index in [1.807, 2.05) is 23.1 Å². The zero-order valence-corrected chi connectivity index (χ0v) is 15.5. The zero-order valence-electron chi connectivity index (χ0n) is 15.5. The van der Waals surface area contributed by atoms with Crippen molar-refractivity contribution in [3.63, 3.8) is 0 Å². The lowest BCUT2D eigenvalue weighted by Crippen LogP contribution is -2.43. The number of fused-ring (bicyclic) bond motifs is 2. The van der Waals surface area contributed by atoms with E-state index in [0.29, 0.717) is 29.8 Å². The number of nitrogens with two attached hydrogens (primary N) is 1. The molecule has 4 heterocycles. The van der Waals surface area contributed by atoms with E-state index in [1.54, 1.807) is 6.20 Å². The van der Waals surface area contributed by atoms with E-state index in [-0.39, 0.29) is 17.8 Å². The Hall–Kier alpha value is -3.87. The van der Waals surface area contributed by atoms with Crippen LogP contribution in [0.4, 0.5) is 5.82 Å². The van der Waals surface area contributed by atoms with Gasteiger partial charge >= 0.3 is 0 Å². The molecular formula is C19H19N9O. The lowest BCUT2D eigenvalue weighted by atomic mass is 9.81. The second-order valence-electron chi connectivity index (χ2n) is 7.29. The Morgan fingerprint density at radius 1 is 1.28 bits per heavy atom. The van der Waals surface area contributed by atoms with Gasteiger partial charge in [0.1, 0.15) is 16.9 Å². The van der Waals surface area contributed by atoms with E-state index >= 15 is 0 Å². The number of hydrogen-bond acceptors (Lipinski definition) is 6. The number of H-pyrrole nitrogens is 1. The van der Waals surface area contributed by atoms with E-state index in [4.69, 9.17) is 22.3 Å². The molecule has 0 aliphatic carbocycles. The van der Waals surface area contributed by atoms with E-state index in [1.165, 1.54) is 0 Å².